The summed E-state index contributed by atoms with van der Waals surface area (Å²) in [5, 5.41) is 6.85. The minimum absolute atomic E-state index is 0.287. The summed E-state index contributed by atoms with van der Waals surface area (Å²) >= 11 is 0. The number of anilines is 1. The zero-order valence-corrected chi connectivity index (χ0v) is 9.84. The number of imidazole rings is 1. The first kappa shape index (κ1) is 11.1. The molecule has 0 atom stereocenters. The lowest BCUT2D eigenvalue weighted by atomic mass is 10.2. The molecule has 3 rings (SSSR count). The minimum atomic E-state index is -0.287. The van der Waals surface area contributed by atoms with E-state index in [0.29, 0.717) is 5.69 Å². The molecular formula is C12H10N6O. The molecule has 3 aromatic rings. The summed E-state index contributed by atoms with van der Waals surface area (Å²) in [5.41, 5.74) is 1.39. The maximum absolute atomic E-state index is 12.0. The van der Waals surface area contributed by atoms with Crippen LogP contribution in [0.15, 0.2) is 55.6 Å². The second kappa shape index (κ2) is 4.73. The molecule has 0 unspecified atom stereocenters. The van der Waals surface area contributed by atoms with Gasteiger partial charge in [0.2, 0.25) is 0 Å². The summed E-state index contributed by atoms with van der Waals surface area (Å²) < 4.78 is 2.95. The summed E-state index contributed by atoms with van der Waals surface area (Å²) in [6.45, 7) is 0. The Hall–Kier alpha value is -2.96. The van der Waals surface area contributed by atoms with Crippen molar-refractivity contribution in [3.05, 3.63) is 55.6 Å². The number of aromatic nitrogens is 5. The Balaban J connectivity index is 1.92. The fraction of sp³-hybridized carbons (Fsp3) is 0. The highest BCUT2D eigenvalue weighted by molar-refractivity contribution is 5.92. The lowest BCUT2D eigenvalue weighted by Crippen LogP contribution is -2.19. The molecule has 0 saturated carbocycles. The molecule has 0 fully saturated rings. The fourth-order valence-electron chi connectivity index (χ4n) is 1.67. The summed E-state index contributed by atoms with van der Waals surface area (Å²) in [6, 6.07) is 7.06. The molecule has 1 amide bonds. The Morgan fingerprint density at radius 1 is 1.16 bits per heavy atom. The molecule has 2 heterocycles. The van der Waals surface area contributed by atoms with Gasteiger partial charge in [0.15, 0.2) is 0 Å². The van der Waals surface area contributed by atoms with Gasteiger partial charge in [-0.15, -0.1) is 0 Å². The van der Waals surface area contributed by atoms with Gasteiger partial charge in [0.1, 0.15) is 19.0 Å². The van der Waals surface area contributed by atoms with Crippen LogP contribution in [0.25, 0.3) is 5.69 Å². The van der Waals surface area contributed by atoms with Crippen molar-refractivity contribution in [2.45, 2.75) is 0 Å². The number of carbonyl (C=O) groups is 1. The second-order valence-corrected chi connectivity index (χ2v) is 3.76. The number of nitrogens with one attached hydrogen (secondary N) is 1. The van der Waals surface area contributed by atoms with Crippen LogP contribution in [0, 0.1) is 0 Å². The van der Waals surface area contributed by atoms with E-state index in [-0.39, 0.29) is 6.03 Å². The van der Waals surface area contributed by atoms with Crippen molar-refractivity contribution in [3.63, 3.8) is 0 Å². The van der Waals surface area contributed by atoms with Crippen LogP contribution in [-0.2, 0) is 0 Å². The van der Waals surface area contributed by atoms with Gasteiger partial charge in [0.25, 0.3) is 0 Å². The third-order valence-electron chi connectivity index (χ3n) is 2.55. The quantitative estimate of drug-likeness (QED) is 0.752. The van der Waals surface area contributed by atoms with Crippen LogP contribution in [0.4, 0.5) is 10.5 Å². The number of hydrogen-bond acceptors (Lipinski definition) is 4. The van der Waals surface area contributed by atoms with Crippen molar-refractivity contribution in [1.29, 1.82) is 0 Å². The highest BCUT2D eigenvalue weighted by Crippen LogP contribution is 2.18. The van der Waals surface area contributed by atoms with Gasteiger partial charge in [-0.05, 0) is 12.1 Å². The molecule has 0 saturated heterocycles. The molecule has 1 N–H and O–H groups in total. The molecule has 0 bridgehead atoms. The second-order valence-electron chi connectivity index (χ2n) is 3.76. The predicted molar refractivity (Wildman–Crippen MR) is 68.0 cm³/mol. The van der Waals surface area contributed by atoms with Crippen LogP contribution in [0.2, 0.25) is 0 Å². The van der Waals surface area contributed by atoms with Crippen LogP contribution in [0.5, 0.6) is 0 Å². The van der Waals surface area contributed by atoms with E-state index >= 15 is 0 Å². The third kappa shape index (κ3) is 2.21. The first-order valence-corrected chi connectivity index (χ1v) is 5.58. The molecule has 2 aromatic heterocycles. The van der Waals surface area contributed by atoms with E-state index in [1.54, 1.807) is 29.5 Å². The number of nitrogens with zero attached hydrogens (tertiary/aromatic N) is 5. The van der Waals surface area contributed by atoms with E-state index in [2.05, 4.69) is 20.4 Å². The lowest BCUT2D eigenvalue weighted by Gasteiger charge is -2.10. The van der Waals surface area contributed by atoms with E-state index in [9.17, 15) is 4.79 Å². The topological polar surface area (TPSA) is 77.6 Å². The van der Waals surface area contributed by atoms with Crippen LogP contribution < -0.4 is 5.32 Å². The number of rotatable bonds is 2. The van der Waals surface area contributed by atoms with E-state index in [1.807, 2.05) is 18.2 Å². The molecule has 0 aliphatic rings. The normalized spacial score (nSPS) is 10.3. The van der Waals surface area contributed by atoms with Crippen molar-refractivity contribution in [1.82, 2.24) is 24.3 Å². The van der Waals surface area contributed by atoms with E-state index in [4.69, 9.17) is 0 Å². The van der Waals surface area contributed by atoms with Gasteiger partial charge in [0, 0.05) is 12.4 Å². The van der Waals surface area contributed by atoms with Gasteiger partial charge in [-0.2, -0.15) is 5.10 Å². The number of amides is 1. The molecule has 19 heavy (non-hydrogen) atoms. The molecule has 0 spiro atoms. The maximum atomic E-state index is 12.0. The van der Waals surface area contributed by atoms with Crippen LogP contribution in [0.3, 0.4) is 0 Å². The van der Waals surface area contributed by atoms with Crippen LogP contribution in [-0.4, -0.2) is 30.3 Å². The molecule has 94 valence electrons. The Bertz CT molecular complexity index is 674. The first-order chi connectivity index (χ1) is 9.34. The Morgan fingerprint density at radius 2 is 2.05 bits per heavy atom. The minimum Gasteiger partial charge on any atom is -0.305 e. The Morgan fingerprint density at radius 3 is 2.79 bits per heavy atom. The van der Waals surface area contributed by atoms with Gasteiger partial charge in [-0.1, -0.05) is 12.1 Å². The highest BCUT2D eigenvalue weighted by atomic mass is 16.2. The Labute approximate surface area is 108 Å². The fourth-order valence-corrected chi connectivity index (χ4v) is 1.67. The smallest absolute Gasteiger partial charge is 0.305 e. The summed E-state index contributed by atoms with van der Waals surface area (Å²) in [7, 11) is 0. The number of hydrogen-bond donors (Lipinski definition) is 1. The summed E-state index contributed by atoms with van der Waals surface area (Å²) in [6.07, 6.45) is 7.57. The van der Waals surface area contributed by atoms with Gasteiger partial charge >= 0.3 is 6.03 Å². The van der Waals surface area contributed by atoms with E-state index in [0.717, 1.165) is 5.69 Å². The van der Waals surface area contributed by atoms with Crippen LogP contribution in [0.1, 0.15) is 0 Å². The lowest BCUT2D eigenvalue weighted by molar-refractivity contribution is 0.253. The molecule has 0 radical (unpaired) electrons. The van der Waals surface area contributed by atoms with Crippen molar-refractivity contribution in [2.75, 3.05) is 5.32 Å². The van der Waals surface area contributed by atoms with Gasteiger partial charge in [-0.3, -0.25) is 4.57 Å². The van der Waals surface area contributed by atoms with Crippen molar-refractivity contribution in [2.24, 2.45) is 0 Å². The average molecular weight is 254 g/mol. The standard InChI is InChI=1S/C12H10N6O/c19-12(17-6-5-13-8-17)16-10-3-1-2-4-11(10)18-9-14-7-15-18/h1-9H,(H,16,19). The van der Waals surface area contributed by atoms with E-state index in [1.165, 1.54) is 17.2 Å². The zero-order valence-electron chi connectivity index (χ0n) is 9.84. The number of benzene rings is 1. The summed E-state index contributed by atoms with van der Waals surface area (Å²) in [5.74, 6) is 0. The van der Waals surface area contributed by atoms with E-state index < -0.39 is 0 Å². The van der Waals surface area contributed by atoms with Gasteiger partial charge < -0.3 is 5.32 Å². The third-order valence-corrected chi connectivity index (χ3v) is 2.55. The summed E-state index contributed by atoms with van der Waals surface area (Å²) in [4.78, 5) is 19.7. The van der Waals surface area contributed by atoms with Gasteiger partial charge in [-0.25, -0.2) is 19.4 Å². The largest absolute Gasteiger partial charge is 0.331 e. The molecule has 7 nitrogen and oxygen atoms in total. The SMILES string of the molecule is O=C(Nc1ccccc1-n1cncn1)n1ccnc1. The molecule has 0 aliphatic carbocycles. The van der Waals surface area contributed by atoms with Crippen LogP contribution >= 0.6 is 0 Å². The Kier molecular flexibility index (Phi) is 2.77. The van der Waals surface area contributed by atoms with Crippen molar-refractivity contribution < 1.29 is 4.79 Å². The molecular weight excluding hydrogens is 244 g/mol. The van der Waals surface area contributed by atoms with Gasteiger partial charge in [0.05, 0.1) is 11.4 Å². The molecule has 0 aliphatic heterocycles. The molecule has 7 heteroatoms. The average Bonchev–Trinajstić information content (AvgIpc) is 3.13. The number of para-hydroxylation sites is 2. The zero-order chi connectivity index (χ0) is 13.1. The predicted octanol–water partition coefficient (Wildman–Crippen LogP) is 1.54. The monoisotopic (exact) mass is 254 g/mol. The van der Waals surface area contributed by atoms with Crippen molar-refractivity contribution in [3.8, 4) is 5.69 Å². The van der Waals surface area contributed by atoms with Crippen molar-refractivity contribution >= 4 is 11.7 Å². The number of carbonyl (C=O) groups excluding carboxylic acids is 1. The highest BCUT2D eigenvalue weighted by Gasteiger charge is 2.09. The maximum Gasteiger partial charge on any atom is 0.331 e. The molecule has 1 aromatic carbocycles. The first-order valence-electron chi connectivity index (χ1n) is 5.58.